The molecule has 1 N–H and O–H groups in total. The molecule has 0 aliphatic carbocycles. The Kier molecular flexibility index (Phi) is 4.10. The van der Waals surface area contributed by atoms with E-state index in [0.717, 1.165) is 39.2 Å². The quantitative estimate of drug-likeness (QED) is 0.333. The van der Waals surface area contributed by atoms with Crippen molar-refractivity contribution in [2.24, 2.45) is 5.16 Å². The lowest BCUT2D eigenvalue weighted by Gasteiger charge is -2.12. The molecule has 0 saturated carbocycles. The Hall–Kier alpha value is -2.32. The average molecular weight is 326 g/mol. The molecule has 0 aliphatic rings. The summed E-state index contributed by atoms with van der Waals surface area (Å²) in [6, 6.07) is 12.4. The van der Waals surface area contributed by atoms with E-state index in [9.17, 15) is 0 Å². The molecule has 0 amide bonds. The summed E-state index contributed by atoms with van der Waals surface area (Å²) in [7, 11) is 2.28. The second-order valence-electron chi connectivity index (χ2n) is 5.67. The zero-order chi connectivity index (χ0) is 16.6. The number of aryl methyl sites for hydroxylation is 2. The highest BCUT2D eigenvalue weighted by Gasteiger charge is 2.15. The van der Waals surface area contributed by atoms with E-state index in [-0.39, 0.29) is 0 Å². The van der Waals surface area contributed by atoms with Gasteiger partial charge in [0.15, 0.2) is 0 Å². The molecule has 3 rings (SSSR count). The summed E-state index contributed by atoms with van der Waals surface area (Å²) < 4.78 is 7.44. The lowest BCUT2D eigenvalue weighted by atomic mass is 10.1. The molecule has 0 spiro atoms. The van der Waals surface area contributed by atoms with Crippen molar-refractivity contribution in [1.82, 2.24) is 4.57 Å². The topological polar surface area (TPSA) is 46.8 Å². The van der Waals surface area contributed by atoms with Crippen molar-refractivity contribution in [3.05, 3.63) is 58.8 Å². The standard InChI is InChI=1S/C18H19N2O2P/c1-11-4-6-17-15(8-11)16(10-19-21)13(3)20(17)14-5-7-18(22-23)12(2)9-14/h4-10,21H,23H2,1-3H3/b19-10+. The normalized spacial score (nSPS) is 11.5. The molecule has 3 aromatic rings. The summed E-state index contributed by atoms with van der Waals surface area (Å²) >= 11 is 0. The summed E-state index contributed by atoms with van der Waals surface area (Å²) in [4.78, 5) is 0. The van der Waals surface area contributed by atoms with E-state index in [1.165, 1.54) is 11.8 Å². The van der Waals surface area contributed by atoms with E-state index in [4.69, 9.17) is 9.73 Å². The number of hydrogen-bond acceptors (Lipinski definition) is 3. The van der Waals surface area contributed by atoms with Crippen LogP contribution in [-0.4, -0.2) is 16.0 Å². The van der Waals surface area contributed by atoms with Crippen LogP contribution < -0.4 is 4.52 Å². The third kappa shape index (κ3) is 2.60. The zero-order valence-electron chi connectivity index (χ0n) is 13.4. The molecule has 0 saturated heterocycles. The molecule has 0 bridgehead atoms. The third-order valence-corrected chi connectivity index (χ3v) is 4.39. The van der Waals surface area contributed by atoms with E-state index >= 15 is 0 Å². The fraction of sp³-hybridized carbons (Fsp3) is 0.167. The van der Waals surface area contributed by atoms with Crippen molar-refractivity contribution in [3.63, 3.8) is 0 Å². The molecule has 0 aliphatic heterocycles. The molecule has 0 radical (unpaired) electrons. The van der Waals surface area contributed by atoms with Gasteiger partial charge in [-0.1, -0.05) is 16.8 Å². The summed E-state index contributed by atoms with van der Waals surface area (Å²) in [6.45, 7) is 6.10. The molecular weight excluding hydrogens is 307 g/mol. The van der Waals surface area contributed by atoms with Gasteiger partial charge in [-0.15, -0.1) is 0 Å². The van der Waals surface area contributed by atoms with Crippen LogP contribution in [0.3, 0.4) is 0 Å². The molecule has 1 heterocycles. The highest BCUT2D eigenvalue weighted by Crippen LogP contribution is 2.31. The molecule has 1 unspecified atom stereocenters. The molecule has 118 valence electrons. The smallest absolute Gasteiger partial charge is 0.125 e. The van der Waals surface area contributed by atoms with E-state index < -0.39 is 0 Å². The van der Waals surface area contributed by atoms with Gasteiger partial charge in [-0.05, 0) is 56.7 Å². The summed E-state index contributed by atoms with van der Waals surface area (Å²) in [6.07, 6.45) is 1.50. The predicted molar refractivity (Wildman–Crippen MR) is 97.2 cm³/mol. The predicted octanol–water partition coefficient (Wildman–Crippen LogP) is 4.53. The van der Waals surface area contributed by atoms with Gasteiger partial charge in [0.2, 0.25) is 0 Å². The van der Waals surface area contributed by atoms with Gasteiger partial charge in [-0.25, -0.2) is 0 Å². The van der Waals surface area contributed by atoms with Crippen LogP contribution in [0.5, 0.6) is 5.75 Å². The van der Waals surface area contributed by atoms with E-state index in [0.29, 0.717) is 0 Å². The Balaban J connectivity index is 2.33. The number of benzene rings is 2. The molecule has 2 aromatic carbocycles. The van der Waals surface area contributed by atoms with Gasteiger partial charge in [0.05, 0.1) is 21.2 Å². The molecule has 1 aromatic heterocycles. The third-order valence-electron chi connectivity index (χ3n) is 4.14. The first-order chi connectivity index (χ1) is 11.1. The largest absolute Gasteiger partial charge is 0.480 e. The Morgan fingerprint density at radius 3 is 2.57 bits per heavy atom. The van der Waals surface area contributed by atoms with Crippen molar-refractivity contribution >= 4 is 26.6 Å². The lowest BCUT2D eigenvalue weighted by Crippen LogP contribution is -1.98. The van der Waals surface area contributed by atoms with Gasteiger partial charge in [0.1, 0.15) is 5.75 Å². The van der Waals surface area contributed by atoms with Gasteiger partial charge in [0, 0.05) is 22.3 Å². The lowest BCUT2D eigenvalue weighted by molar-refractivity contribution is 0.322. The minimum Gasteiger partial charge on any atom is -0.480 e. The minimum atomic E-state index is 0.834. The van der Waals surface area contributed by atoms with Gasteiger partial charge in [-0.3, -0.25) is 0 Å². The maximum absolute atomic E-state index is 9.01. The van der Waals surface area contributed by atoms with Crippen LogP contribution in [0.1, 0.15) is 22.4 Å². The van der Waals surface area contributed by atoms with Crippen LogP contribution in [0.4, 0.5) is 0 Å². The summed E-state index contributed by atoms with van der Waals surface area (Å²) in [5, 5.41) is 13.3. The van der Waals surface area contributed by atoms with Gasteiger partial charge >= 0.3 is 0 Å². The zero-order valence-corrected chi connectivity index (χ0v) is 14.5. The highest BCUT2D eigenvalue weighted by molar-refractivity contribution is 7.10. The van der Waals surface area contributed by atoms with Crippen molar-refractivity contribution in [2.45, 2.75) is 20.8 Å². The second kappa shape index (κ2) is 6.05. The average Bonchev–Trinajstić information content (AvgIpc) is 2.80. The number of aromatic nitrogens is 1. The van der Waals surface area contributed by atoms with Crippen LogP contribution in [0.15, 0.2) is 41.6 Å². The Morgan fingerprint density at radius 2 is 1.91 bits per heavy atom. The van der Waals surface area contributed by atoms with Gasteiger partial charge < -0.3 is 14.3 Å². The Bertz CT molecular complexity index is 913. The first-order valence-corrected chi connectivity index (χ1v) is 7.80. The van der Waals surface area contributed by atoms with Crippen molar-refractivity contribution in [1.29, 1.82) is 0 Å². The van der Waals surface area contributed by atoms with Crippen molar-refractivity contribution in [2.75, 3.05) is 0 Å². The molecular formula is C18H19N2O2P. The van der Waals surface area contributed by atoms with E-state index in [2.05, 4.69) is 50.4 Å². The Morgan fingerprint density at radius 1 is 1.13 bits per heavy atom. The van der Waals surface area contributed by atoms with E-state index in [1.54, 1.807) is 0 Å². The van der Waals surface area contributed by atoms with Gasteiger partial charge in [-0.2, -0.15) is 0 Å². The summed E-state index contributed by atoms with van der Waals surface area (Å²) in [5.74, 6) is 0.834. The minimum absolute atomic E-state index is 0.834. The van der Waals surface area contributed by atoms with Crippen LogP contribution in [-0.2, 0) is 0 Å². The first kappa shape index (κ1) is 15.6. The highest BCUT2D eigenvalue weighted by atomic mass is 31.0. The first-order valence-electron chi connectivity index (χ1n) is 7.33. The molecule has 4 nitrogen and oxygen atoms in total. The fourth-order valence-corrected chi connectivity index (χ4v) is 3.28. The van der Waals surface area contributed by atoms with E-state index in [1.807, 2.05) is 26.0 Å². The second-order valence-corrected chi connectivity index (χ2v) is 5.90. The van der Waals surface area contributed by atoms with Crippen LogP contribution in [0.2, 0.25) is 0 Å². The molecule has 5 heteroatoms. The molecule has 0 fully saturated rings. The molecule has 1 atom stereocenters. The monoisotopic (exact) mass is 326 g/mol. The van der Waals surface area contributed by atoms with Crippen LogP contribution in [0.25, 0.3) is 16.6 Å². The maximum atomic E-state index is 9.01. The Labute approximate surface area is 137 Å². The van der Waals surface area contributed by atoms with Crippen LogP contribution in [0, 0.1) is 20.8 Å². The number of rotatable bonds is 3. The van der Waals surface area contributed by atoms with Crippen molar-refractivity contribution < 1.29 is 9.73 Å². The summed E-state index contributed by atoms with van der Waals surface area (Å²) in [5.41, 5.74) is 6.32. The van der Waals surface area contributed by atoms with Crippen LogP contribution >= 0.6 is 9.47 Å². The maximum Gasteiger partial charge on any atom is 0.125 e. The number of fused-ring (bicyclic) bond motifs is 1. The van der Waals surface area contributed by atoms with Crippen molar-refractivity contribution in [3.8, 4) is 11.4 Å². The number of oxime groups is 1. The van der Waals surface area contributed by atoms with Gasteiger partial charge in [0.25, 0.3) is 0 Å². The SMILES string of the molecule is Cc1ccc2c(c1)c(/C=N/O)c(C)n2-c1ccc(OP)c(C)c1. The molecule has 23 heavy (non-hydrogen) atoms. The number of hydrogen-bond donors (Lipinski definition) is 1. The number of nitrogens with zero attached hydrogens (tertiary/aromatic N) is 2. The fourth-order valence-electron chi connectivity index (χ4n) is 3.01.